The molecule has 0 atom stereocenters. The highest BCUT2D eigenvalue weighted by atomic mass is 19.2. The van der Waals surface area contributed by atoms with Gasteiger partial charge in [0.2, 0.25) is 0 Å². The zero-order chi connectivity index (χ0) is 22.0. The Kier molecular flexibility index (Phi) is 6.14. The van der Waals surface area contributed by atoms with Crippen LogP contribution >= 0.6 is 0 Å². The van der Waals surface area contributed by atoms with E-state index in [1.807, 2.05) is 6.92 Å². The molecule has 1 N–H and O–H groups in total. The van der Waals surface area contributed by atoms with Crippen LogP contribution in [0.25, 0.3) is 10.9 Å². The lowest BCUT2D eigenvalue weighted by atomic mass is 10.1. The third-order valence-corrected chi connectivity index (χ3v) is 4.86. The molecule has 2 aromatic carbocycles. The number of unbranched alkanes of at least 4 members (excludes halogenated alkanes) is 1. The molecule has 0 saturated heterocycles. The van der Waals surface area contributed by atoms with Crippen LogP contribution in [0.3, 0.4) is 0 Å². The van der Waals surface area contributed by atoms with E-state index in [-0.39, 0.29) is 29.5 Å². The molecule has 5 nitrogen and oxygen atoms in total. The Labute approximate surface area is 170 Å². The second kappa shape index (κ2) is 8.61. The highest BCUT2D eigenvalue weighted by Gasteiger charge is 2.24. The molecule has 0 unspecified atom stereocenters. The standard InChI is InChI=1S/C22H20F3NO4/c1-3-4-7-30-21(28)10-14-12(2)26(19-11-18(25)20(27)9-15(14)19)22(29)13-5-6-16(23)17(24)8-13/h5-6,8-9,11,27H,3-4,7,10H2,1-2H3. The number of nitrogens with zero attached hydrogens (tertiary/aromatic N) is 1. The number of hydrogen-bond donors (Lipinski definition) is 1. The van der Waals surface area contributed by atoms with Gasteiger partial charge >= 0.3 is 5.97 Å². The van der Waals surface area contributed by atoms with Crippen molar-refractivity contribution in [2.75, 3.05) is 6.61 Å². The van der Waals surface area contributed by atoms with Gasteiger partial charge in [-0.25, -0.2) is 13.2 Å². The normalized spacial score (nSPS) is 11.1. The van der Waals surface area contributed by atoms with Crippen LogP contribution in [-0.4, -0.2) is 28.2 Å². The van der Waals surface area contributed by atoms with Crippen LogP contribution in [0.5, 0.6) is 5.75 Å². The summed E-state index contributed by atoms with van der Waals surface area (Å²) in [6, 6.07) is 4.77. The lowest BCUT2D eigenvalue weighted by Crippen LogP contribution is -2.15. The molecule has 0 amide bonds. The van der Waals surface area contributed by atoms with Crippen LogP contribution in [0, 0.1) is 24.4 Å². The fraction of sp³-hybridized carbons (Fsp3) is 0.273. The van der Waals surface area contributed by atoms with E-state index in [0.717, 1.165) is 41.3 Å². The number of hydrogen-bond acceptors (Lipinski definition) is 4. The quantitative estimate of drug-likeness (QED) is 0.467. The zero-order valence-electron chi connectivity index (χ0n) is 16.5. The largest absolute Gasteiger partial charge is 0.505 e. The number of carbonyl (C=O) groups is 2. The Morgan fingerprint density at radius 1 is 1.07 bits per heavy atom. The van der Waals surface area contributed by atoms with Crippen molar-refractivity contribution in [2.45, 2.75) is 33.1 Å². The summed E-state index contributed by atoms with van der Waals surface area (Å²) >= 11 is 0. The molecule has 0 saturated carbocycles. The number of ether oxygens (including phenoxy) is 1. The lowest BCUT2D eigenvalue weighted by Gasteiger charge is -2.08. The molecular formula is C22H20F3NO4. The minimum absolute atomic E-state index is 0.0916. The summed E-state index contributed by atoms with van der Waals surface area (Å²) in [6.07, 6.45) is 1.35. The Morgan fingerprint density at radius 3 is 2.47 bits per heavy atom. The summed E-state index contributed by atoms with van der Waals surface area (Å²) in [5.41, 5.74) is 0.614. The van der Waals surface area contributed by atoms with Gasteiger partial charge in [-0.15, -0.1) is 0 Å². The maximum absolute atomic E-state index is 14.0. The average Bonchev–Trinajstić information content (AvgIpc) is 2.95. The van der Waals surface area contributed by atoms with Crippen molar-refractivity contribution in [1.82, 2.24) is 4.57 Å². The Morgan fingerprint density at radius 2 is 1.80 bits per heavy atom. The minimum Gasteiger partial charge on any atom is -0.505 e. The molecule has 8 heteroatoms. The molecule has 3 rings (SSSR count). The number of carbonyl (C=O) groups excluding carboxylic acids is 2. The summed E-state index contributed by atoms with van der Waals surface area (Å²) in [7, 11) is 0. The molecule has 0 aliphatic rings. The topological polar surface area (TPSA) is 68.5 Å². The molecule has 158 valence electrons. The van der Waals surface area contributed by atoms with Crippen molar-refractivity contribution in [3.63, 3.8) is 0 Å². The van der Waals surface area contributed by atoms with Crippen molar-refractivity contribution in [3.05, 3.63) is 64.6 Å². The molecule has 0 aliphatic carbocycles. The van der Waals surface area contributed by atoms with Crippen LogP contribution in [0.15, 0.2) is 30.3 Å². The van der Waals surface area contributed by atoms with Crippen LogP contribution in [0.2, 0.25) is 0 Å². The van der Waals surface area contributed by atoms with Gasteiger partial charge in [0.25, 0.3) is 5.91 Å². The summed E-state index contributed by atoms with van der Waals surface area (Å²) < 4.78 is 47.2. The van der Waals surface area contributed by atoms with Gasteiger partial charge in [0.1, 0.15) is 0 Å². The molecule has 0 spiro atoms. The van der Waals surface area contributed by atoms with Crippen LogP contribution in [-0.2, 0) is 16.0 Å². The molecule has 0 fully saturated rings. The Bertz CT molecular complexity index is 1140. The average molecular weight is 419 g/mol. The summed E-state index contributed by atoms with van der Waals surface area (Å²) in [4.78, 5) is 25.2. The molecule has 1 heterocycles. The summed E-state index contributed by atoms with van der Waals surface area (Å²) in [6.45, 7) is 3.74. The third kappa shape index (κ3) is 4.03. The van der Waals surface area contributed by atoms with Gasteiger partial charge in [-0.2, -0.15) is 0 Å². The van der Waals surface area contributed by atoms with Gasteiger partial charge in [-0.3, -0.25) is 14.2 Å². The van der Waals surface area contributed by atoms with E-state index >= 15 is 0 Å². The minimum atomic E-state index is -1.20. The van der Waals surface area contributed by atoms with Gasteiger partial charge in [0.15, 0.2) is 23.2 Å². The molecule has 3 aromatic rings. The maximum Gasteiger partial charge on any atom is 0.310 e. The van der Waals surface area contributed by atoms with Gasteiger partial charge in [-0.05, 0) is 43.2 Å². The molecule has 0 aliphatic heterocycles. The van der Waals surface area contributed by atoms with E-state index in [4.69, 9.17) is 4.74 Å². The fourth-order valence-electron chi connectivity index (χ4n) is 3.26. The number of aromatic hydroxyl groups is 1. The van der Waals surface area contributed by atoms with Gasteiger partial charge in [-0.1, -0.05) is 13.3 Å². The first kappa shape index (κ1) is 21.4. The van der Waals surface area contributed by atoms with Crippen molar-refractivity contribution in [3.8, 4) is 5.75 Å². The second-order valence-corrected chi connectivity index (χ2v) is 6.90. The first-order chi connectivity index (χ1) is 14.2. The van der Waals surface area contributed by atoms with Crippen molar-refractivity contribution in [2.24, 2.45) is 0 Å². The number of halogens is 3. The van der Waals surface area contributed by atoms with E-state index < -0.39 is 35.1 Å². The van der Waals surface area contributed by atoms with E-state index in [1.54, 1.807) is 6.92 Å². The Balaban J connectivity index is 2.11. The third-order valence-electron chi connectivity index (χ3n) is 4.86. The van der Waals surface area contributed by atoms with Crippen LogP contribution in [0.1, 0.15) is 41.4 Å². The summed E-state index contributed by atoms with van der Waals surface area (Å²) in [5.74, 6) is -5.16. The number of phenolic OH excluding ortho intramolecular Hbond substituents is 1. The van der Waals surface area contributed by atoms with Gasteiger partial charge in [0.05, 0.1) is 18.5 Å². The second-order valence-electron chi connectivity index (χ2n) is 6.90. The number of phenols is 1. The highest BCUT2D eigenvalue weighted by molar-refractivity contribution is 6.05. The van der Waals surface area contributed by atoms with Crippen molar-refractivity contribution < 1.29 is 32.6 Å². The molecule has 0 bridgehead atoms. The monoisotopic (exact) mass is 419 g/mol. The van der Waals surface area contributed by atoms with Crippen LogP contribution < -0.4 is 0 Å². The SMILES string of the molecule is CCCCOC(=O)Cc1c(C)n(C(=O)c2ccc(F)c(F)c2)c2cc(F)c(O)cc12. The van der Waals surface area contributed by atoms with E-state index in [2.05, 4.69) is 0 Å². The number of aromatic nitrogens is 1. The van der Waals surface area contributed by atoms with Crippen molar-refractivity contribution >= 4 is 22.8 Å². The highest BCUT2D eigenvalue weighted by Crippen LogP contribution is 2.32. The lowest BCUT2D eigenvalue weighted by molar-refractivity contribution is -0.142. The van der Waals surface area contributed by atoms with E-state index in [0.29, 0.717) is 17.7 Å². The van der Waals surface area contributed by atoms with Crippen LogP contribution in [0.4, 0.5) is 13.2 Å². The zero-order valence-corrected chi connectivity index (χ0v) is 16.5. The first-order valence-electron chi connectivity index (χ1n) is 9.42. The number of benzene rings is 2. The molecule has 1 aromatic heterocycles. The number of rotatable bonds is 6. The number of fused-ring (bicyclic) bond motifs is 1. The Hall–Kier alpha value is -3.29. The predicted octanol–water partition coefficient (Wildman–Crippen LogP) is 4.65. The maximum atomic E-state index is 14.0. The molecule has 0 radical (unpaired) electrons. The number of esters is 1. The van der Waals surface area contributed by atoms with E-state index in [9.17, 15) is 27.9 Å². The fourth-order valence-corrected chi connectivity index (χ4v) is 3.26. The molecule has 30 heavy (non-hydrogen) atoms. The predicted molar refractivity (Wildman–Crippen MR) is 104 cm³/mol. The smallest absolute Gasteiger partial charge is 0.310 e. The van der Waals surface area contributed by atoms with Gasteiger partial charge < -0.3 is 9.84 Å². The first-order valence-corrected chi connectivity index (χ1v) is 9.42. The summed E-state index contributed by atoms with van der Waals surface area (Å²) in [5, 5.41) is 10.1. The van der Waals surface area contributed by atoms with E-state index in [1.165, 1.54) is 0 Å². The molecular weight excluding hydrogens is 399 g/mol. The van der Waals surface area contributed by atoms with Crippen molar-refractivity contribution in [1.29, 1.82) is 0 Å². The van der Waals surface area contributed by atoms with Gasteiger partial charge in [0, 0.05) is 22.7 Å².